The molecule has 1 aromatic carbocycles. The molecular weight excluding hydrogens is 250 g/mol. The summed E-state index contributed by atoms with van der Waals surface area (Å²) in [6.07, 6.45) is 1.45. The van der Waals surface area contributed by atoms with Crippen LogP contribution in [0.15, 0.2) is 24.5 Å². The van der Waals surface area contributed by atoms with Crippen LogP contribution in [0, 0.1) is 6.92 Å². The Labute approximate surface area is 110 Å². The largest absolute Gasteiger partial charge is 0.393 e. The van der Waals surface area contributed by atoms with Gasteiger partial charge in [-0.15, -0.1) is 0 Å². The minimum absolute atomic E-state index is 0.472. The van der Waals surface area contributed by atoms with Gasteiger partial charge in [-0.1, -0.05) is 17.7 Å². The van der Waals surface area contributed by atoms with Crippen molar-refractivity contribution >= 4 is 34.6 Å². The molecule has 94 valence electrons. The third-order valence-corrected chi connectivity index (χ3v) is 3.05. The Balaban J connectivity index is 2.37. The zero-order chi connectivity index (χ0) is 13.1. The number of benzene rings is 1. The van der Waals surface area contributed by atoms with Crippen LogP contribution in [0.5, 0.6) is 0 Å². The summed E-state index contributed by atoms with van der Waals surface area (Å²) in [6.45, 7) is 1.93. The first-order valence-corrected chi connectivity index (χ1v) is 5.81. The number of nitrogens with zero attached hydrogens (tertiary/aromatic N) is 2. The molecule has 0 aliphatic rings. The molecule has 0 saturated carbocycles. The SMILES string of the molecule is CNc1ncnc(Nc2cccc(Cl)c2C)c1N. The maximum Gasteiger partial charge on any atom is 0.159 e. The van der Waals surface area contributed by atoms with E-state index in [1.165, 1.54) is 6.33 Å². The highest BCUT2D eigenvalue weighted by molar-refractivity contribution is 6.31. The van der Waals surface area contributed by atoms with E-state index < -0.39 is 0 Å². The number of aromatic nitrogens is 2. The topological polar surface area (TPSA) is 75.9 Å². The Bertz CT molecular complexity index is 570. The molecule has 0 saturated heterocycles. The number of anilines is 4. The van der Waals surface area contributed by atoms with Gasteiger partial charge in [-0.2, -0.15) is 0 Å². The average molecular weight is 264 g/mol. The zero-order valence-corrected chi connectivity index (χ0v) is 10.9. The molecule has 5 nitrogen and oxygen atoms in total. The third kappa shape index (κ3) is 2.31. The van der Waals surface area contributed by atoms with E-state index in [9.17, 15) is 0 Å². The highest BCUT2D eigenvalue weighted by Gasteiger charge is 2.09. The van der Waals surface area contributed by atoms with E-state index in [-0.39, 0.29) is 0 Å². The first kappa shape index (κ1) is 12.4. The van der Waals surface area contributed by atoms with Crippen molar-refractivity contribution in [3.63, 3.8) is 0 Å². The highest BCUT2D eigenvalue weighted by Crippen LogP contribution is 2.29. The molecule has 0 spiro atoms. The predicted molar refractivity (Wildman–Crippen MR) is 75.5 cm³/mol. The summed E-state index contributed by atoms with van der Waals surface area (Å²) in [5, 5.41) is 6.76. The molecule has 18 heavy (non-hydrogen) atoms. The molecule has 0 bridgehead atoms. The Morgan fingerprint density at radius 2 is 1.94 bits per heavy atom. The van der Waals surface area contributed by atoms with Crippen LogP contribution in [-0.2, 0) is 0 Å². The van der Waals surface area contributed by atoms with Gasteiger partial charge in [0.05, 0.1) is 0 Å². The third-order valence-electron chi connectivity index (χ3n) is 2.64. The number of hydrogen-bond donors (Lipinski definition) is 3. The van der Waals surface area contributed by atoms with Gasteiger partial charge in [0.25, 0.3) is 0 Å². The van der Waals surface area contributed by atoms with Crippen molar-refractivity contribution < 1.29 is 0 Å². The molecule has 1 heterocycles. The van der Waals surface area contributed by atoms with Crippen LogP contribution < -0.4 is 16.4 Å². The minimum atomic E-state index is 0.472. The van der Waals surface area contributed by atoms with Gasteiger partial charge in [-0.3, -0.25) is 0 Å². The standard InChI is InChI=1S/C12H14ClN5/c1-7-8(13)4-3-5-9(7)18-12-10(14)11(15-2)16-6-17-12/h3-6H,14H2,1-2H3,(H2,15,16,17,18). The monoisotopic (exact) mass is 263 g/mol. The van der Waals surface area contributed by atoms with Gasteiger partial charge in [0, 0.05) is 17.8 Å². The summed E-state index contributed by atoms with van der Waals surface area (Å²) < 4.78 is 0. The number of nitrogens with two attached hydrogens (primary N) is 1. The summed E-state index contributed by atoms with van der Waals surface area (Å²) in [5.74, 6) is 1.15. The van der Waals surface area contributed by atoms with Gasteiger partial charge >= 0.3 is 0 Å². The summed E-state index contributed by atoms with van der Waals surface area (Å²) in [4.78, 5) is 8.15. The van der Waals surface area contributed by atoms with Crippen molar-refractivity contribution in [3.8, 4) is 0 Å². The van der Waals surface area contributed by atoms with Crippen molar-refractivity contribution in [2.75, 3.05) is 23.4 Å². The number of nitrogen functional groups attached to an aromatic ring is 1. The lowest BCUT2D eigenvalue weighted by molar-refractivity contribution is 1.16. The normalized spacial score (nSPS) is 10.2. The fraction of sp³-hybridized carbons (Fsp3) is 0.167. The van der Waals surface area contributed by atoms with E-state index in [2.05, 4.69) is 20.6 Å². The number of hydrogen-bond acceptors (Lipinski definition) is 5. The van der Waals surface area contributed by atoms with Crippen LogP contribution in [0.1, 0.15) is 5.56 Å². The second-order valence-corrected chi connectivity index (χ2v) is 4.18. The summed E-state index contributed by atoms with van der Waals surface area (Å²) in [6, 6.07) is 5.63. The van der Waals surface area contributed by atoms with Crippen molar-refractivity contribution in [2.24, 2.45) is 0 Å². The van der Waals surface area contributed by atoms with E-state index in [0.29, 0.717) is 22.3 Å². The van der Waals surface area contributed by atoms with E-state index >= 15 is 0 Å². The molecule has 6 heteroatoms. The fourth-order valence-electron chi connectivity index (χ4n) is 1.56. The molecule has 0 radical (unpaired) electrons. The smallest absolute Gasteiger partial charge is 0.159 e. The molecule has 0 amide bonds. The second-order valence-electron chi connectivity index (χ2n) is 3.77. The molecular formula is C12H14ClN5. The molecule has 0 aliphatic heterocycles. The lowest BCUT2D eigenvalue weighted by Gasteiger charge is -2.13. The lowest BCUT2D eigenvalue weighted by Crippen LogP contribution is -2.05. The second kappa shape index (κ2) is 5.10. The van der Waals surface area contributed by atoms with Crippen LogP contribution in [0.3, 0.4) is 0 Å². The average Bonchev–Trinajstić information content (AvgIpc) is 2.37. The first-order chi connectivity index (χ1) is 8.63. The number of nitrogens with one attached hydrogen (secondary N) is 2. The summed E-state index contributed by atoms with van der Waals surface area (Å²) >= 11 is 6.06. The molecule has 0 aliphatic carbocycles. The van der Waals surface area contributed by atoms with Crippen LogP contribution in [0.25, 0.3) is 0 Å². The Kier molecular flexibility index (Phi) is 3.53. The number of halogens is 1. The fourth-order valence-corrected chi connectivity index (χ4v) is 1.74. The van der Waals surface area contributed by atoms with Crippen molar-refractivity contribution in [2.45, 2.75) is 6.92 Å². The van der Waals surface area contributed by atoms with E-state index in [4.69, 9.17) is 17.3 Å². The Hall–Kier alpha value is -2.01. The first-order valence-electron chi connectivity index (χ1n) is 5.44. The molecule has 0 unspecified atom stereocenters. The highest BCUT2D eigenvalue weighted by atomic mass is 35.5. The van der Waals surface area contributed by atoms with Crippen LogP contribution in [0.4, 0.5) is 23.0 Å². The van der Waals surface area contributed by atoms with E-state index in [1.54, 1.807) is 7.05 Å². The zero-order valence-electron chi connectivity index (χ0n) is 10.2. The Morgan fingerprint density at radius 1 is 1.22 bits per heavy atom. The molecule has 0 atom stereocenters. The lowest BCUT2D eigenvalue weighted by atomic mass is 10.2. The van der Waals surface area contributed by atoms with Crippen LogP contribution in [0.2, 0.25) is 5.02 Å². The predicted octanol–water partition coefficient (Wildman–Crippen LogP) is 2.81. The Morgan fingerprint density at radius 3 is 2.67 bits per heavy atom. The van der Waals surface area contributed by atoms with Gasteiger partial charge in [0.15, 0.2) is 11.6 Å². The van der Waals surface area contributed by atoms with Gasteiger partial charge in [-0.25, -0.2) is 9.97 Å². The maximum absolute atomic E-state index is 6.06. The summed E-state index contributed by atoms with van der Waals surface area (Å²) in [7, 11) is 1.76. The quantitative estimate of drug-likeness (QED) is 0.794. The maximum atomic E-state index is 6.06. The van der Waals surface area contributed by atoms with Crippen LogP contribution >= 0.6 is 11.6 Å². The van der Waals surface area contributed by atoms with Crippen LogP contribution in [-0.4, -0.2) is 17.0 Å². The molecule has 2 aromatic rings. The molecule has 0 fully saturated rings. The van der Waals surface area contributed by atoms with Crippen molar-refractivity contribution in [3.05, 3.63) is 35.1 Å². The van der Waals surface area contributed by atoms with Gasteiger partial charge in [0.2, 0.25) is 0 Å². The number of rotatable bonds is 3. The van der Waals surface area contributed by atoms with Crippen molar-refractivity contribution in [1.82, 2.24) is 9.97 Å². The molecule has 1 aromatic heterocycles. The van der Waals surface area contributed by atoms with Crippen molar-refractivity contribution in [1.29, 1.82) is 0 Å². The molecule has 4 N–H and O–H groups in total. The molecule has 2 rings (SSSR count). The van der Waals surface area contributed by atoms with Gasteiger partial charge in [-0.05, 0) is 24.6 Å². The van der Waals surface area contributed by atoms with Gasteiger partial charge < -0.3 is 16.4 Å². The summed E-state index contributed by atoms with van der Waals surface area (Å²) in [5.41, 5.74) is 8.24. The van der Waals surface area contributed by atoms with E-state index in [0.717, 1.165) is 11.3 Å². The minimum Gasteiger partial charge on any atom is -0.393 e. The van der Waals surface area contributed by atoms with Gasteiger partial charge in [0.1, 0.15) is 12.0 Å². The van der Waals surface area contributed by atoms with E-state index in [1.807, 2.05) is 25.1 Å².